The topological polar surface area (TPSA) is 105 Å². The Morgan fingerprint density at radius 3 is 2.19 bits per heavy atom. The molecule has 2 N–H and O–H groups in total. The van der Waals surface area contributed by atoms with E-state index in [1.54, 1.807) is 0 Å². The second-order valence-electron chi connectivity index (χ2n) is 4.99. The number of carbonyl (C=O) groups is 1. The fraction of sp³-hybridized carbons (Fsp3) is 0.929. The predicted molar refractivity (Wildman–Crippen MR) is 79.4 cm³/mol. The summed E-state index contributed by atoms with van der Waals surface area (Å²) in [5.74, 6) is -0.707. The number of esters is 1. The van der Waals surface area contributed by atoms with Crippen molar-refractivity contribution in [3.05, 3.63) is 4.91 Å². The summed E-state index contributed by atoms with van der Waals surface area (Å²) < 4.78 is 4.43. The van der Waals surface area contributed by atoms with E-state index in [1.165, 1.54) is 33.1 Å². The SMILES string of the molecule is CC(O)COC(=O)C(C)O.CCCCCCC(C)ON=O. The second kappa shape index (κ2) is 15.2. The molecule has 21 heavy (non-hydrogen) atoms. The summed E-state index contributed by atoms with van der Waals surface area (Å²) in [6.07, 6.45) is 3.99. The normalized spacial score (nSPS) is 14.2. The summed E-state index contributed by atoms with van der Waals surface area (Å²) in [5.41, 5.74) is 0. The Kier molecular flexibility index (Phi) is 16.0. The molecule has 0 rings (SSSR count). The van der Waals surface area contributed by atoms with E-state index in [4.69, 9.17) is 10.2 Å². The number of aliphatic hydroxyl groups is 2. The maximum Gasteiger partial charge on any atom is 0.334 e. The zero-order valence-electron chi connectivity index (χ0n) is 13.4. The van der Waals surface area contributed by atoms with Crippen LogP contribution >= 0.6 is 0 Å². The molecule has 0 aromatic carbocycles. The fourth-order valence-electron chi connectivity index (χ4n) is 1.31. The van der Waals surface area contributed by atoms with Crippen LogP contribution in [0.4, 0.5) is 0 Å². The average Bonchev–Trinajstić information content (AvgIpc) is 2.42. The number of unbranched alkanes of at least 4 members (excludes halogenated alkanes) is 3. The average molecular weight is 307 g/mol. The van der Waals surface area contributed by atoms with Gasteiger partial charge in [-0.1, -0.05) is 26.2 Å². The van der Waals surface area contributed by atoms with Gasteiger partial charge in [-0.05, 0) is 33.6 Å². The zero-order chi connectivity index (χ0) is 16.7. The van der Waals surface area contributed by atoms with Gasteiger partial charge in [0.15, 0.2) is 5.34 Å². The van der Waals surface area contributed by atoms with Crippen LogP contribution in [0, 0.1) is 4.91 Å². The Morgan fingerprint density at radius 1 is 1.14 bits per heavy atom. The van der Waals surface area contributed by atoms with E-state index < -0.39 is 18.2 Å². The van der Waals surface area contributed by atoms with Gasteiger partial charge in [0, 0.05) is 0 Å². The number of nitrogens with zero attached hydrogens (tertiary/aromatic N) is 1. The molecule has 0 aliphatic rings. The van der Waals surface area contributed by atoms with Crippen LogP contribution < -0.4 is 0 Å². The van der Waals surface area contributed by atoms with Gasteiger partial charge in [-0.15, -0.1) is 4.91 Å². The number of rotatable bonds is 10. The molecule has 0 fully saturated rings. The second-order valence-corrected chi connectivity index (χ2v) is 4.99. The van der Waals surface area contributed by atoms with Crippen LogP contribution in [0.5, 0.6) is 0 Å². The van der Waals surface area contributed by atoms with E-state index in [9.17, 15) is 9.70 Å². The van der Waals surface area contributed by atoms with Crippen LogP contribution in [-0.4, -0.2) is 41.1 Å². The summed E-state index contributed by atoms with van der Waals surface area (Å²) >= 11 is 0. The summed E-state index contributed by atoms with van der Waals surface area (Å²) in [4.78, 5) is 24.6. The summed E-state index contributed by atoms with van der Waals surface area (Å²) in [7, 11) is 0. The molecule has 0 aromatic rings. The molecule has 0 aliphatic carbocycles. The maximum absolute atomic E-state index is 10.5. The molecule has 0 bridgehead atoms. The van der Waals surface area contributed by atoms with Crippen LogP contribution in [0.1, 0.15) is 59.8 Å². The molecule has 3 unspecified atom stereocenters. The van der Waals surface area contributed by atoms with Crippen molar-refractivity contribution in [3.8, 4) is 0 Å². The molecular formula is C14H29NO6. The Bertz CT molecular complexity index is 258. The molecular weight excluding hydrogens is 278 g/mol. The Hall–Kier alpha value is -1.21. The van der Waals surface area contributed by atoms with Crippen molar-refractivity contribution in [1.29, 1.82) is 0 Å². The highest BCUT2D eigenvalue weighted by molar-refractivity contribution is 5.73. The molecule has 126 valence electrons. The molecule has 0 saturated carbocycles. The largest absolute Gasteiger partial charge is 0.461 e. The molecule has 3 atom stereocenters. The van der Waals surface area contributed by atoms with E-state index in [0.717, 1.165) is 12.8 Å². The van der Waals surface area contributed by atoms with Gasteiger partial charge in [-0.3, -0.25) is 0 Å². The molecule has 7 heteroatoms. The Morgan fingerprint density at radius 2 is 1.76 bits per heavy atom. The highest BCUT2D eigenvalue weighted by atomic mass is 16.7. The third-order valence-corrected chi connectivity index (χ3v) is 2.50. The Labute approximate surface area is 126 Å². The first-order valence-electron chi connectivity index (χ1n) is 7.36. The fourth-order valence-corrected chi connectivity index (χ4v) is 1.31. The van der Waals surface area contributed by atoms with Crippen LogP contribution in [0.25, 0.3) is 0 Å². The van der Waals surface area contributed by atoms with Gasteiger partial charge in [0.05, 0.1) is 6.10 Å². The highest BCUT2D eigenvalue weighted by Gasteiger charge is 2.10. The lowest BCUT2D eigenvalue weighted by molar-refractivity contribution is -0.155. The van der Waals surface area contributed by atoms with E-state index >= 15 is 0 Å². The standard InChI is InChI=1S/C8H17NO2.C6H12O4/c1-3-4-5-6-7-8(2)11-9-10;1-4(7)3-10-6(9)5(2)8/h8H,3-7H2,1-2H3;4-5,7-8H,3H2,1-2H3. The molecule has 0 aliphatic heterocycles. The number of aliphatic hydroxyl groups excluding tert-OH is 2. The maximum atomic E-state index is 10.5. The van der Waals surface area contributed by atoms with Gasteiger partial charge in [0.25, 0.3) is 0 Å². The molecule has 0 radical (unpaired) electrons. The first-order valence-corrected chi connectivity index (χ1v) is 7.36. The molecule has 0 spiro atoms. The van der Waals surface area contributed by atoms with Crippen molar-refractivity contribution in [3.63, 3.8) is 0 Å². The lowest BCUT2D eigenvalue weighted by Gasteiger charge is -2.07. The van der Waals surface area contributed by atoms with Crippen LogP contribution in [0.2, 0.25) is 0 Å². The highest BCUT2D eigenvalue weighted by Crippen LogP contribution is 2.07. The van der Waals surface area contributed by atoms with E-state index in [-0.39, 0.29) is 12.7 Å². The third-order valence-electron chi connectivity index (χ3n) is 2.50. The van der Waals surface area contributed by atoms with Crippen molar-refractivity contribution in [1.82, 2.24) is 0 Å². The number of hydrogen-bond donors (Lipinski definition) is 2. The van der Waals surface area contributed by atoms with Crippen molar-refractivity contribution >= 4 is 5.97 Å². The number of hydrogen-bond acceptors (Lipinski definition) is 7. The lowest BCUT2D eigenvalue weighted by atomic mass is 10.1. The molecule has 7 nitrogen and oxygen atoms in total. The van der Waals surface area contributed by atoms with Crippen molar-refractivity contribution in [2.45, 2.75) is 78.1 Å². The monoisotopic (exact) mass is 307 g/mol. The van der Waals surface area contributed by atoms with Gasteiger partial charge >= 0.3 is 5.97 Å². The van der Waals surface area contributed by atoms with Gasteiger partial charge in [0.2, 0.25) is 0 Å². The quantitative estimate of drug-likeness (QED) is 0.278. The molecule has 0 amide bonds. The molecule has 0 heterocycles. The smallest absolute Gasteiger partial charge is 0.334 e. The van der Waals surface area contributed by atoms with Crippen LogP contribution in [0.15, 0.2) is 5.34 Å². The van der Waals surface area contributed by atoms with Crippen molar-refractivity contribution < 1.29 is 24.6 Å². The van der Waals surface area contributed by atoms with Crippen LogP contribution in [-0.2, 0) is 14.4 Å². The third kappa shape index (κ3) is 18.8. The minimum absolute atomic E-state index is 0.00986. The zero-order valence-corrected chi connectivity index (χ0v) is 13.4. The minimum Gasteiger partial charge on any atom is -0.461 e. The van der Waals surface area contributed by atoms with Gasteiger partial charge in [-0.2, -0.15) is 0 Å². The van der Waals surface area contributed by atoms with Crippen molar-refractivity contribution in [2.24, 2.45) is 5.34 Å². The van der Waals surface area contributed by atoms with E-state index in [0.29, 0.717) is 0 Å². The van der Waals surface area contributed by atoms with Gasteiger partial charge in [0.1, 0.15) is 18.8 Å². The van der Waals surface area contributed by atoms with Crippen LogP contribution in [0.3, 0.4) is 0 Å². The number of carbonyl (C=O) groups excluding carboxylic acids is 1. The summed E-state index contributed by atoms with van der Waals surface area (Å²) in [5, 5.41) is 19.6. The van der Waals surface area contributed by atoms with Gasteiger partial charge < -0.3 is 19.8 Å². The number of ether oxygens (including phenoxy) is 1. The predicted octanol–water partition coefficient (Wildman–Crippen LogP) is 2.33. The first-order chi connectivity index (χ1) is 9.84. The Balaban J connectivity index is 0. The lowest BCUT2D eigenvalue weighted by Crippen LogP contribution is -2.23. The summed E-state index contributed by atoms with van der Waals surface area (Å²) in [6, 6.07) is 0. The summed E-state index contributed by atoms with van der Waals surface area (Å²) in [6.45, 7) is 6.78. The first kappa shape index (κ1) is 22.1. The van der Waals surface area contributed by atoms with Crippen molar-refractivity contribution in [2.75, 3.05) is 6.61 Å². The molecule has 0 saturated heterocycles. The van der Waals surface area contributed by atoms with E-state index in [1.807, 2.05) is 6.92 Å². The van der Waals surface area contributed by atoms with E-state index in [2.05, 4.69) is 21.8 Å². The molecule has 0 aromatic heterocycles. The minimum atomic E-state index is -1.11. The van der Waals surface area contributed by atoms with Gasteiger partial charge in [-0.25, -0.2) is 4.79 Å².